The van der Waals surface area contributed by atoms with Crippen molar-refractivity contribution in [3.8, 4) is 21.6 Å². The molecule has 0 N–H and O–H groups in total. The molecule has 1 aliphatic heterocycles. The molecule has 1 aliphatic carbocycles. The van der Waals surface area contributed by atoms with Crippen LogP contribution in [0.3, 0.4) is 0 Å². The van der Waals surface area contributed by atoms with E-state index in [0.29, 0.717) is 5.56 Å². The maximum Gasteiger partial charge on any atom is 0.339 e. The fourth-order valence-electron chi connectivity index (χ4n) is 4.05. The molecule has 118 valence electrons. The fourth-order valence-corrected chi connectivity index (χ4v) is 5.30. The molecule has 0 radical (unpaired) electrons. The predicted octanol–water partition coefficient (Wildman–Crippen LogP) is 5.81. The third-order valence-corrected chi connectivity index (χ3v) is 6.35. The van der Waals surface area contributed by atoms with Crippen LogP contribution in [0.15, 0.2) is 66.7 Å². The first-order valence-electron chi connectivity index (χ1n) is 8.27. The Hall–Kier alpha value is -2.91. The molecule has 0 saturated carbocycles. The molecule has 1 atom stereocenters. The van der Waals surface area contributed by atoms with E-state index in [-0.39, 0.29) is 12.1 Å². The topological polar surface area (TPSA) is 26.3 Å². The molecular weight excluding hydrogens is 328 g/mol. The maximum atomic E-state index is 12.2. The second-order valence-electron chi connectivity index (χ2n) is 6.47. The Morgan fingerprint density at radius 1 is 0.800 bits per heavy atom. The molecule has 3 heteroatoms. The van der Waals surface area contributed by atoms with E-state index in [1.165, 1.54) is 32.3 Å². The van der Waals surface area contributed by atoms with Crippen LogP contribution in [0.4, 0.5) is 0 Å². The molecule has 0 fully saturated rings. The van der Waals surface area contributed by atoms with Crippen molar-refractivity contribution >= 4 is 28.1 Å². The van der Waals surface area contributed by atoms with Gasteiger partial charge in [-0.15, -0.1) is 11.3 Å². The normalized spacial score (nSPS) is 16.8. The number of hydrogen-bond acceptors (Lipinski definition) is 3. The van der Waals surface area contributed by atoms with Gasteiger partial charge in [0, 0.05) is 21.6 Å². The van der Waals surface area contributed by atoms with Crippen molar-refractivity contribution in [3.05, 3.63) is 82.7 Å². The Balaban J connectivity index is 1.56. The van der Waals surface area contributed by atoms with Gasteiger partial charge in [0.2, 0.25) is 0 Å². The SMILES string of the molecule is O=C1OC(c2cc3c(s2)-c2cccc4cccc-3c24)c2ccccc21. The smallest absolute Gasteiger partial charge is 0.339 e. The Labute approximate surface area is 148 Å². The van der Waals surface area contributed by atoms with Gasteiger partial charge in [0.05, 0.1) is 10.4 Å². The lowest BCUT2D eigenvalue weighted by atomic mass is 10.0. The summed E-state index contributed by atoms with van der Waals surface area (Å²) in [6.07, 6.45) is -0.286. The zero-order valence-corrected chi connectivity index (χ0v) is 14.0. The number of hydrogen-bond donors (Lipinski definition) is 0. The van der Waals surface area contributed by atoms with Crippen LogP contribution >= 0.6 is 11.3 Å². The number of rotatable bonds is 1. The molecule has 0 spiro atoms. The van der Waals surface area contributed by atoms with Gasteiger partial charge in [-0.1, -0.05) is 54.6 Å². The molecule has 2 aliphatic rings. The van der Waals surface area contributed by atoms with E-state index < -0.39 is 0 Å². The zero-order chi connectivity index (χ0) is 16.5. The second-order valence-corrected chi connectivity index (χ2v) is 7.56. The molecule has 3 aromatic carbocycles. The lowest BCUT2D eigenvalue weighted by molar-refractivity contribution is 0.0461. The highest BCUT2D eigenvalue weighted by molar-refractivity contribution is 7.16. The van der Waals surface area contributed by atoms with E-state index in [9.17, 15) is 4.79 Å². The van der Waals surface area contributed by atoms with Gasteiger partial charge in [0.15, 0.2) is 6.10 Å². The van der Waals surface area contributed by atoms with Gasteiger partial charge in [-0.25, -0.2) is 4.79 Å². The Morgan fingerprint density at radius 2 is 1.56 bits per heavy atom. The Bertz CT molecular complexity index is 1150. The van der Waals surface area contributed by atoms with Crippen molar-refractivity contribution in [1.29, 1.82) is 0 Å². The van der Waals surface area contributed by atoms with Crippen molar-refractivity contribution in [2.45, 2.75) is 6.10 Å². The molecule has 0 saturated heterocycles. The van der Waals surface area contributed by atoms with Gasteiger partial charge < -0.3 is 4.74 Å². The summed E-state index contributed by atoms with van der Waals surface area (Å²) < 4.78 is 5.69. The monoisotopic (exact) mass is 340 g/mol. The summed E-state index contributed by atoms with van der Waals surface area (Å²) in [6, 6.07) is 22.8. The summed E-state index contributed by atoms with van der Waals surface area (Å²) in [4.78, 5) is 14.5. The average molecular weight is 340 g/mol. The van der Waals surface area contributed by atoms with E-state index in [1.54, 1.807) is 11.3 Å². The first-order chi connectivity index (χ1) is 12.3. The van der Waals surface area contributed by atoms with Gasteiger partial charge in [0.1, 0.15) is 0 Å². The molecule has 1 aromatic heterocycles. The number of benzene rings is 3. The summed E-state index contributed by atoms with van der Waals surface area (Å²) in [6.45, 7) is 0. The summed E-state index contributed by atoms with van der Waals surface area (Å²) in [5.41, 5.74) is 5.48. The first-order valence-corrected chi connectivity index (χ1v) is 9.09. The average Bonchev–Trinajstić information content (AvgIpc) is 3.30. The lowest BCUT2D eigenvalue weighted by Gasteiger charge is -2.08. The number of ether oxygens (including phenoxy) is 1. The molecule has 0 bridgehead atoms. The predicted molar refractivity (Wildman–Crippen MR) is 100.0 cm³/mol. The van der Waals surface area contributed by atoms with Crippen molar-refractivity contribution in [2.75, 3.05) is 0 Å². The van der Waals surface area contributed by atoms with E-state index in [2.05, 4.69) is 42.5 Å². The highest BCUT2D eigenvalue weighted by atomic mass is 32.1. The van der Waals surface area contributed by atoms with Crippen LogP contribution in [0.25, 0.3) is 32.3 Å². The highest BCUT2D eigenvalue weighted by Gasteiger charge is 2.35. The molecule has 2 nitrogen and oxygen atoms in total. The Kier molecular flexibility index (Phi) is 2.46. The van der Waals surface area contributed by atoms with Gasteiger partial charge in [-0.05, 0) is 28.5 Å². The highest BCUT2D eigenvalue weighted by Crippen LogP contribution is 2.53. The number of fused-ring (bicyclic) bond motifs is 4. The first kappa shape index (κ1) is 13.4. The molecular formula is C22H12O2S. The minimum absolute atomic E-state index is 0.225. The van der Waals surface area contributed by atoms with Crippen LogP contribution in [0.1, 0.15) is 26.9 Å². The maximum absolute atomic E-state index is 12.2. The minimum atomic E-state index is -0.286. The summed E-state index contributed by atoms with van der Waals surface area (Å²) in [7, 11) is 0. The quantitative estimate of drug-likeness (QED) is 0.360. The van der Waals surface area contributed by atoms with Crippen LogP contribution < -0.4 is 0 Å². The van der Waals surface area contributed by atoms with Gasteiger partial charge in [-0.3, -0.25) is 0 Å². The van der Waals surface area contributed by atoms with Gasteiger partial charge in [0.25, 0.3) is 0 Å². The molecule has 1 unspecified atom stereocenters. The number of thiophene rings is 1. The second kappa shape index (κ2) is 4.58. The van der Waals surface area contributed by atoms with Crippen LogP contribution in [-0.4, -0.2) is 5.97 Å². The third-order valence-electron chi connectivity index (χ3n) is 5.14. The van der Waals surface area contributed by atoms with Gasteiger partial charge in [-0.2, -0.15) is 0 Å². The van der Waals surface area contributed by atoms with Crippen molar-refractivity contribution in [2.24, 2.45) is 0 Å². The van der Waals surface area contributed by atoms with E-state index in [4.69, 9.17) is 4.74 Å². The lowest BCUT2D eigenvalue weighted by Crippen LogP contribution is -1.98. The Morgan fingerprint density at radius 3 is 2.44 bits per heavy atom. The molecule has 4 aromatic rings. The van der Waals surface area contributed by atoms with Crippen LogP contribution in [0, 0.1) is 0 Å². The van der Waals surface area contributed by atoms with Crippen molar-refractivity contribution in [1.82, 2.24) is 0 Å². The van der Waals surface area contributed by atoms with Crippen LogP contribution in [-0.2, 0) is 4.74 Å². The largest absolute Gasteiger partial charge is 0.448 e. The van der Waals surface area contributed by atoms with Crippen molar-refractivity contribution in [3.63, 3.8) is 0 Å². The molecule has 2 heterocycles. The number of esters is 1. The van der Waals surface area contributed by atoms with E-state index >= 15 is 0 Å². The number of carbonyl (C=O) groups is 1. The molecule has 6 rings (SSSR count). The standard InChI is InChI=1S/C22H12O2S/c23-22-15-8-2-1-7-14(15)20(24-22)18-11-17-13-9-3-5-12-6-4-10-16(19(12)13)21(17)25-18/h1-11,20H. The minimum Gasteiger partial charge on any atom is -0.448 e. The van der Waals surface area contributed by atoms with Crippen molar-refractivity contribution < 1.29 is 9.53 Å². The van der Waals surface area contributed by atoms with Crippen LogP contribution in [0.2, 0.25) is 0 Å². The third kappa shape index (κ3) is 1.66. The number of cyclic esters (lactones) is 1. The zero-order valence-electron chi connectivity index (χ0n) is 13.2. The fraction of sp³-hybridized carbons (Fsp3) is 0.0455. The number of carbonyl (C=O) groups excluding carboxylic acids is 1. The van der Waals surface area contributed by atoms with Crippen LogP contribution in [0.5, 0.6) is 0 Å². The van der Waals surface area contributed by atoms with E-state index in [0.717, 1.165) is 10.4 Å². The van der Waals surface area contributed by atoms with E-state index in [1.807, 2.05) is 24.3 Å². The summed E-state index contributed by atoms with van der Waals surface area (Å²) in [5.74, 6) is -0.225. The molecule has 25 heavy (non-hydrogen) atoms. The van der Waals surface area contributed by atoms with Gasteiger partial charge >= 0.3 is 5.97 Å². The molecule has 0 amide bonds. The summed E-state index contributed by atoms with van der Waals surface area (Å²) >= 11 is 1.74. The summed E-state index contributed by atoms with van der Waals surface area (Å²) in [5, 5.41) is 2.61.